The van der Waals surface area contributed by atoms with Gasteiger partial charge >= 0.3 is 0 Å². The van der Waals surface area contributed by atoms with Gasteiger partial charge in [-0.05, 0) is 40.6 Å². The number of fused-ring (bicyclic) bond motifs is 1. The van der Waals surface area contributed by atoms with Crippen LogP contribution in [-0.2, 0) is 10.0 Å². The van der Waals surface area contributed by atoms with Crippen LogP contribution < -0.4 is 10.5 Å². The van der Waals surface area contributed by atoms with Gasteiger partial charge in [-0.25, -0.2) is 22.3 Å². The number of hydrogen-bond acceptors (Lipinski definition) is 9. The summed E-state index contributed by atoms with van der Waals surface area (Å²) in [4.78, 5) is 8.68. The predicted molar refractivity (Wildman–Crippen MR) is 110 cm³/mol. The maximum absolute atomic E-state index is 11.4. The molecule has 11 nitrogen and oxygen atoms in total. The fraction of sp³-hybridized carbons (Fsp3) is 0.222. The molecule has 3 heterocycles. The molecule has 4 aromatic rings. The monoisotopic (exact) mass is 429 g/mol. The molecule has 0 saturated heterocycles. The molecule has 0 saturated carbocycles. The number of hydrogen-bond donors (Lipinski definition) is 1. The summed E-state index contributed by atoms with van der Waals surface area (Å²) in [7, 11) is -1.73. The van der Waals surface area contributed by atoms with Crippen LogP contribution in [0.3, 0.4) is 0 Å². The fourth-order valence-corrected chi connectivity index (χ4v) is 3.26. The molecule has 0 unspecified atom stereocenters. The molecule has 0 spiro atoms. The van der Waals surface area contributed by atoms with Gasteiger partial charge in [0.2, 0.25) is 10.0 Å². The number of nitrogen functional groups attached to an aromatic ring is 1. The molecule has 3 aromatic heterocycles. The molecular formula is C18H19N7O4S. The highest BCUT2D eigenvalue weighted by Gasteiger charge is 2.20. The molecule has 1 aromatic carbocycles. The van der Waals surface area contributed by atoms with Crippen molar-refractivity contribution in [1.29, 1.82) is 0 Å². The summed E-state index contributed by atoms with van der Waals surface area (Å²) in [5.41, 5.74) is 8.47. The fourth-order valence-electron chi connectivity index (χ4n) is 2.85. The Bertz CT molecular complexity index is 1280. The molecule has 0 fully saturated rings. The van der Waals surface area contributed by atoms with Gasteiger partial charge in [-0.3, -0.25) is 9.55 Å². The third-order valence-corrected chi connectivity index (χ3v) is 5.83. The number of anilines is 1. The lowest BCUT2D eigenvalue weighted by molar-refractivity contribution is 0.287. The lowest BCUT2D eigenvalue weighted by atomic mass is 10.2. The Morgan fingerprint density at radius 1 is 1.20 bits per heavy atom. The molecule has 30 heavy (non-hydrogen) atoms. The van der Waals surface area contributed by atoms with Crippen LogP contribution in [0.4, 0.5) is 5.82 Å². The molecule has 156 valence electrons. The Morgan fingerprint density at radius 3 is 2.63 bits per heavy atom. The Balaban J connectivity index is 1.62. The first kappa shape index (κ1) is 19.8. The molecule has 0 aliphatic heterocycles. The summed E-state index contributed by atoms with van der Waals surface area (Å²) in [5.74, 6) is 1.21. The number of imidazole rings is 1. The summed E-state index contributed by atoms with van der Waals surface area (Å²) in [5, 5.41) is 7.50. The minimum Gasteiger partial charge on any atom is -0.492 e. The maximum Gasteiger partial charge on any atom is 0.211 e. The Labute approximate surface area is 172 Å². The van der Waals surface area contributed by atoms with Gasteiger partial charge in [0.05, 0.1) is 18.0 Å². The number of likely N-dealkylation sites (N-methyl/N-ethyl adjacent to an activating group) is 1. The number of ether oxygens (including phenoxy) is 1. The molecular weight excluding hydrogens is 410 g/mol. The van der Waals surface area contributed by atoms with Gasteiger partial charge in [0.1, 0.15) is 17.9 Å². The van der Waals surface area contributed by atoms with E-state index in [9.17, 15) is 8.42 Å². The number of benzene rings is 1. The van der Waals surface area contributed by atoms with Crippen LogP contribution in [-0.4, -0.2) is 64.0 Å². The zero-order valence-electron chi connectivity index (χ0n) is 16.3. The summed E-state index contributed by atoms with van der Waals surface area (Å²) in [6, 6.07) is 9.11. The average molecular weight is 429 g/mol. The average Bonchev–Trinajstić information content (AvgIpc) is 3.30. The van der Waals surface area contributed by atoms with Gasteiger partial charge in [0.15, 0.2) is 17.3 Å². The van der Waals surface area contributed by atoms with Gasteiger partial charge in [-0.15, -0.1) is 0 Å². The minimum absolute atomic E-state index is 0.134. The van der Waals surface area contributed by atoms with Crippen LogP contribution in [0.2, 0.25) is 0 Å². The van der Waals surface area contributed by atoms with Crippen LogP contribution in [0, 0.1) is 0 Å². The van der Waals surface area contributed by atoms with E-state index in [1.165, 1.54) is 11.4 Å². The quantitative estimate of drug-likeness (QED) is 0.460. The van der Waals surface area contributed by atoms with Gasteiger partial charge in [-0.1, -0.05) is 0 Å². The maximum atomic E-state index is 11.4. The van der Waals surface area contributed by atoms with Gasteiger partial charge in [0.25, 0.3) is 0 Å². The summed E-state index contributed by atoms with van der Waals surface area (Å²) < 4.78 is 36.4. The van der Waals surface area contributed by atoms with Gasteiger partial charge in [0, 0.05) is 25.5 Å². The molecule has 0 aliphatic carbocycles. The first-order valence-electron chi connectivity index (χ1n) is 8.90. The van der Waals surface area contributed by atoms with E-state index in [0.717, 1.165) is 17.5 Å². The Morgan fingerprint density at radius 2 is 1.97 bits per heavy atom. The highest BCUT2D eigenvalue weighted by molar-refractivity contribution is 7.88. The molecule has 0 atom stereocenters. The second kappa shape index (κ2) is 7.72. The van der Waals surface area contributed by atoms with Crippen LogP contribution in [0.15, 0.2) is 47.4 Å². The van der Waals surface area contributed by atoms with E-state index in [4.69, 9.17) is 15.1 Å². The third-order valence-electron chi connectivity index (χ3n) is 4.52. The van der Waals surface area contributed by atoms with Crippen molar-refractivity contribution in [3.05, 3.63) is 42.7 Å². The van der Waals surface area contributed by atoms with Crippen LogP contribution in [0.25, 0.3) is 28.2 Å². The minimum atomic E-state index is -3.24. The van der Waals surface area contributed by atoms with Crippen molar-refractivity contribution in [1.82, 2.24) is 29.2 Å². The van der Waals surface area contributed by atoms with Crippen molar-refractivity contribution in [3.8, 4) is 23.0 Å². The van der Waals surface area contributed by atoms with Crippen molar-refractivity contribution < 1.29 is 17.8 Å². The second-order valence-electron chi connectivity index (χ2n) is 6.56. The molecule has 0 radical (unpaired) electrons. The lowest BCUT2D eigenvalue weighted by Crippen LogP contribution is -2.29. The molecule has 0 bridgehead atoms. The number of nitrogens with zero attached hydrogens (tertiary/aromatic N) is 6. The van der Waals surface area contributed by atoms with E-state index in [2.05, 4.69) is 20.3 Å². The molecule has 2 N–H and O–H groups in total. The van der Waals surface area contributed by atoms with E-state index < -0.39 is 10.0 Å². The van der Waals surface area contributed by atoms with E-state index >= 15 is 0 Å². The summed E-state index contributed by atoms with van der Waals surface area (Å²) in [6.07, 6.45) is 4.47. The van der Waals surface area contributed by atoms with E-state index in [-0.39, 0.29) is 19.0 Å². The van der Waals surface area contributed by atoms with Crippen molar-refractivity contribution in [2.24, 2.45) is 0 Å². The normalized spacial score (nSPS) is 12.0. The number of nitrogens with two attached hydrogens (primary N) is 1. The highest BCUT2D eigenvalue weighted by Crippen LogP contribution is 2.30. The van der Waals surface area contributed by atoms with Gasteiger partial charge < -0.3 is 10.5 Å². The number of pyridine rings is 1. The smallest absolute Gasteiger partial charge is 0.211 e. The Kier molecular flexibility index (Phi) is 5.10. The Hall–Kier alpha value is -3.51. The van der Waals surface area contributed by atoms with Crippen molar-refractivity contribution >= 4 is 26.9 Å². The van der Waals surface area contributed by atoms with Crippen molar-refractivity contribution in [3.63, 3.8) is 0 Å². The number of sulfonamides is 1. The first-order chi connectivity index (χ1) is 14.3. The number of aromatic nitrogens is 5. The van der Waals surface area contributed by atoms with Crippen LogP contribution in [0.5, 0.6) is 5.75 Å². The molecule has 4 rings (SSSR count). The van der Waals surface area contributed by atoms with E-state index in [1.807, 2.05) is 22.8 Å². The first-order valence-corrected chi connectivity index (χ1v) is 10.7. The third kappa shape index (κ3) is 3.82. The summed E-state index contributed by atoms with van der Waals surface area (Å²) in [6.45, 7) is 0.483. The standard InChI is InChI=1S/C18H19N7O4S/c1-24(30(2,26)27)9-10-28-13-5-3-12(4-6-13)25-15-7-8-20-11-14(15)21-18(25)16-17(19)23-29-22-16/h3-8,11H,9-10H2,1-2H3,(H2,19,23). The molecule has 0 aliphatic rings. The van der Waals surface area contributed by atoms with E-state index in [1.54, 1.807) is 24.5 Å². The zero-order chi connectivity index (χ0) is 21.3. The lowest BCUT2D eigenvalue weighted by Gasteiger charge is -2.15. The zero-order valence-corrected chi connectivity index (χ0v) is 17.1. The van der Waals surface area contributed by atoms with Crippen LogP contribution in [0.1, 0.15) is 0 Å². The van der Waals surface area contributed by atoms with E-state index in [0.29, 0.717) is 22.8 Å². The SMILES string of the molecule is CN(CCOc1ccc(-n2c(-c3nonc3N)nc3cnccc32)cc1)S(C)(=O)=O. The van der Waals surface area contributed by atoms with Crippen molar-refractivity contribution in [2.45, 2.75) is 0 Å². The van der Waals surface area contributed by atoms with Crippen LogP contribution >= 0.6 is 0 Å². The topological polar surface area (TPSA) is 142 Å². The largest absolute Gasteiger partial charge is 0.492 e. The number of rotatable bonds is 7. The summed E-state index contributed by atoms with van der Waals surface area (Å²) >= 11 is 0. The molecule has 0 amide bonds. The predicted octanol–water partition coefficient (Wildman–Crippen LogP) is 1.32. The van der Waals surface area contributed by atoms with Gasteiger partial charge in [-0.2, -0.15) is 0 Å². The molecule has 12 heteroatoms. The van der Waals surface area contributed by atoms with Crippen molar-refractivity contribution in [2.75, 3.05) is 32.2 Å². The second-order valence-corrected chi connectivity index (χ2v) is 8.65. The highest BCUT2D eigenvalue weighted by atomic mass is 32.2.